The van der Waals surface area contributed by atoms with Crippen LogP contribution in [0, 0.1) is 0 Å². The zero-order valence-corrected chi connectivity index (χ0v) is 17.4. The second kappa shape index (κ2) is 10.3. The molecule has 2 heterocycles. The van der Waals surface area contributed by atoms with Crippen molar-refractivity contribution < 1.29 is 14.3 Å². The molecule has 1 fully saturated rings. The van der Waals surface area contributed by atoms with Gasteiger partial charge in [0, 0.05) is 50.8 Å². The number of ketones is 1. The minimum absolute atomic E-state index is 0.00742. The highest BCUT2D eigenvalue weighted by molar-refractivity contribution is 6.32. The maximum Gasteiger partial charge on any atom is 0.223 e. The van der Waals surface area contributed by atoms with E-state index >= 15 is 0 Å². The van der Waals surface area contributed by atoms with Crippen molar-refractivity contribution in [1.82, 2.24) is 9.88 Å². The van der Waals surface area contributed by atoms with E-state index in [2.05, 4.69) is 9.88 Å². The molecule has 1 amide bonds. The van der Waals surface area contributed by atoms with Gasteiger partial charge < -0.3 is 14.5 Å². The molecule has 1 aromatic carbocycles. The average Bonchev–Trinajstić information content (AvgIpc) is 2.76. The van der Waals surface area contributed by atoms with E-state index < -0.39 is 0 Å². The van der Waals surface area contributed by atoms with E-state index in [-0.39, 0.29) is 24.5 Å². The number of hydrogen-bond acceptors (Lipinski definition) is 5. The summed E-state index contributed by atoms with van der Waals surface area (Å²) in [5.74, 6) is 1.49. The lowest BCUT2D eigenvalue weighted by Gasteiger charge is -2.35. The standard InChI is InChI=1S/C22H26ClN3O3/c1-2-16-29-18-7-5-17(6-8-18)20(27)9-10-21(28)25-12-14-26(15-13-25)22-19(23)4-3-11-24-22/h3-8,11H,2,9-10,12-16H2,1H3. The lowest BCUT2D eigenvalue weighted by Crippen LogP contribution is -2.49. The highest BCUT2D eigenvalue weighted by Gasteiger charge is 2.23. The van der Waals surface area contributed by atoms with Gasteiger partial charge in [0.15, 0.2) is 5.78 Å². The molecule has 6 nitrogen and oxygen atoms in total. The van der Waals surface area contributed by atoms with Crippen LogP contribution in [0.25, 0.3) is 0 Å². The number of benzene rings is 1. The Kier molecular flexibility index (Phi) is 7.47. The first-order chi connectivity index (χ1) is 14.1. The van der Waals surface area contributed by atoms with Crippen LogP contribution in [0.5, 0.6) is 5.75 Å². The van der Waals surface area contributed by atoms with Gasteiger partial charge in [-0.15, -0.1) is 0 Å². The van der Waals surface area contributed by atoms with Gasteiger partial charge in [0.05, 0.1) is 11.6 Å². The van der Waals surface area contributed by atoms with Crippen molar-refractivity contribution in [2.75, 3.05) is 37.7 Å². The Morgan fingerprint density at radius 2 is 1.79 bits per heavy atom. The zero-order valence-electron chi connectivity index (χ0n) is 16.6. The van der Waals surface area contributed by atoms with E-state index in [0.29, 0.717) is 43.4 Å². The lowest BCUT2D eigenvalue weighted by atomic mass is 10.1. The van der Waals surface area contributed by atoms with Gasteiger partial charge >= 0.3 is 0 Å². The van der Waals surface area contributed by atoms with E-state index in [0.717, 1.165) is 18.0 Å². The molecule has 1 aliphatic heterocycles. The summed E-state index contributed by atoms with van der Waals surface area (Å²) in [6.07, 6.45) is 3.08. The number of pyridine rings is 1. The topological polar surface area (TPSA) is 62.7 Å². The van der Waals surface area contributed by atoms with Crippen LogP contribution in [-0.4, -0.2) is 54.4 Å². The van der Waals surface area contributed by atoms with E-state index in [1.165, 1.54) is 0 Å². The van der Waals surface area contributed by atoms with E-state index in [9.17, 15) is 9.59 Å². The average molecular weight is 416 g/mol. The molecule has 0 unspecified atom stereocenters. The van der Waals surface area contributed by atoms with Gasteiger partial charge in [-0.25, -0.2) is 4.98 Å². The first-order valence-corrected chi connectivity index (χ1v) is 10.4. The lowest BCUT2D eigenvalue weighted by molar-refractivity contribution is -0.131. The zero-order chi connectivity index (χ0) is 20.6. The predicted molar refractivity (Wildman–Crippen MR) is 114 cm³/mol. The Bertz CT molecular complexity index is 833. The van der Waals surface area contributed by atoms with Gasteiger partial charge in [-0.05, 0) is 42.8 Å². The molecule has 0 saturated carbocycles. The fraction of sp³-hybridized carbons (Fsp3) is 0.409. The number of aromatic nitrogens is 1. The fourth-order valence-electron chi connectivity index (χ4n) is 3.26. The van der Waals surface area contributed by atoms with Crippen LogP contribution >= 0.6 is 11.6 Å². The second-order valence-electron chi connectivity index (χ2n) is 6.97. The molecular formula is C22H26ClN3O3. The van der Waals surface area contributed by atoms with Crippen molar-refractivity contribution in [2.45, 2.75) is 26.2 Å². The Morgan fingerprint density at radius 3 is 2.45 bits per heavy atom. The molecule has 1 aliphatic rings. The van der Waals surface area contributed by atoms with Crippen LogP contribution in [0.15, 0.2) is 42.6 Å². The fourth-order valence-corrected chi connectivity index (χ4v) is 3.50. The van der Waals surface area contributed by atoms with E-state index in [1.54, 1.807) is 36.5 Å². The normalized spacial score (nSPS) is 14.0. The van der Waals surface area contributed by atoms with Crippen molar-refractivity contribution in [2.24, 2.45) is 0 Å². The van der Waals surface area contributed by atoms with E-state index in [4.69, 9.17) is 16.3 Å². The number of anilines is 1. The van der Waals surface area contributed by atoms with E-state index in [1.807, 2.05) is 17.9 Å². The summed E-state index contributed by atoms with van der Waals surface area (Å²) >= 11 is 6.20. The Labute approximate surface area is 176 Å². The van der Waals surface area contributed by atoms with Crippen molar-refractivity contribution in [1.29, 1.82) is 0 Å². The minimum Gasteiger partial charge on any atom is -0.494 e. The monoisotopic (exact) mass is 415 g/mol. The van der Waals surface area contributed by atoms with Gasteiger partial charge in [-0.3, -0.25) is 9.59 Å². The summed E-state index contributed by atoms with van der Waals surface area (Å²) < 4.78 is 5.53. The summed E-state index contributed by atoms with van der Waals surface area (Å²) in [4.78, 5) is 33.1. The maximum atomic E-state index is 12.5. The molecule has 7 heteroatoms. The maximum absolute atomic E-state index is 12.5. The van der Waals surface area contributed by atoms with Crippen molar-refractivity contribution in [3.05, 3.63) is 53.2 Å². The summed E-state index contributed by atoms with van der Waals surface area (Å²) in [5.41, 5.74) is 0.608. The summed E-state index contributed by atoms with van der Waals surface area (Å²) in [6.45, 7) is 5.25. The molecular weight excluding hydrogens is 390 g/mol. The number of hydrogen-bond donors (Lipinski definition) is 0. The number of carbonyl (C=O) groups is 2. The first kappa shape index (κ1) is 21.1. The molecule has 0 radical (unpaired) electrons. The molecule has 0 aliphatic carbocycles. The first-order valence-electron chi connectivity index (χ1n) is 9.97. The summed E-state index contributed by atoms with van der Waals surface area (Å²) in [5, 5.41) is 0.615. The van der Waals surface area contributed by atoms with Gasteiger partial charge in [-0.2, -0.15) is 0 Å². The molecule has 29 heavy (non-hydrogen) atoms. The van der Waals surface area contributed by atoms with Crippen molar-refractivity contribution in [3.8, 4) is 5.75 Å². The number of ether oxygens (including phenoxy) is 1. The van der Waals surface area contributed by atoms with Crippen LogP contribution in [-0.2, 0) is 4.79 Å². The third kappa shape index (κ3) is 5.70. The predicted octanol–water partition coefficient (Wildman–Crippen LogP) is 3.84. The quantitative estimate of drug-likeness (QED) is 0.613. The number of Topliss-reactive ketones (excluding diaryl/α,β-unsaturated/α-hetero) is 1. The van der Waals surface area contributed by atoms with Crippen LogP contribution in [0.3, 0.4) is 0 Å². The van der Waals surface area contributed by atoms with Gasteiger partial charge in [0.1, 0.15) is 11.6 Å². The molecule has 0 atom stereocenters. The molecule has 0 bridgehead atoms. The summed E-state index contributed by atoms with van der Waals surface area (Å²) in [7, 11) is 0. The number of carbonyl (C=O) groups excluding carboxylic acids is 2. The van der Waals surface area contributed by atoms with Crippen LogP contribution < -0.4 is 9.64 Å². The minimum atomic E-state index is -0.0284. The molecule has 1 saturated heterocycles. The Hall–Kier alpha value is -2.60. The SMILES string of the molecule is CCCOc1ccc(C(=O)CCC(=O)N2CCN(c3ncccc3Cl)CC2)cc1. The number of rotatable bonds is 8. The molecule has 154 valence electrons. The third-order valence-corrected chi connectivity index (χ3v) is 5.18. The van der Waals surface area contributed by atoms with Crippen molar-refractivity contribution >= 4 is 29.1 Å². The van der Waals surface area contributed by atoms with Crippen LogP contribution in [0.4, 0.5) is 5.82 Å². The van der Waals surface area contributed by atoms with Crippen LogP contribution in [0.2, 0.25) is 5.02 Å². The number of nitrogens with zero attached hydrogens (tertiary/aromatic N) is 3. The smallest absolute Gasteiger partial charge is 0.223 e. The Morgan fingerprint density at radius 1 is 1.07 bits per heavy atom. The number of piperazine rings is 1. The largest absolute Gasteiger partial charge is 0.494 e. The number of halogens is 1. The highest BCUT2D eigenvalue weighted by atomic mass is 35.5. The van der Waals surface area contributed by atoms with Gasteiger partial charge in [0.2, 0.25) is 5.91 Å². The molecule has 1 aromatic heterocycles. The van der Waals surface area contributed by atoms with Gasteiger partial charge in [0.25, 0.3) is 0 Å². The summed E-state index contributed by atoms with van der Waals surface area (Å²) in [6, 6.07) is 10.7. The molecule has 0 spiro atoms. The van der Waals surface area contributed by atoms with Crippen LogP contribution in [0.1, 0.15) is 36.5 Å². The molecule has 2 aromatic rings. The van der Waals surface area contributed by atoms with Crippen molar-refractivity contribution in [3.63, 3.8) is 0 Å². The third-order valence-electron chi connectivity index (χ3n) is 4.89. The van der Waals surface area contributed by atoms with Gasteiger partial charge in [-0.1, -0.05) is 18.5 Å². The molecule has 0 N–H and O–H groups in total. The highest BCUT2D eigenvalue weighted by Crippen LogP contribution is 2.23. The Balaban J connectivity index is 1.45. The molecule has 3 rings (SSSR count). The number of amides is 1. The second-order valence-corrected chi connectivity index (χ2v) is 7.38.